The summed E-state index contributed by atoms with van der Waals surface area (Å²) in [5, 5.41) is 19.0. The molecule has 0 aromatic carbocycles. The maximum absolute atomic E-state index is 10.8. The minimum atomic E-state index is -1.27. The van der Waals surface area contributed by atoms with E-state index < -0.39 is 24.5 Å². The van der Waals surface area contributed by atoms with Gasteiger partial charge in [0.1, 0.15) is 0 Å². The molecule has 1 amide bonds. The summed E-state index contributed by atoms with van der Waals surface area (Å²) in [4.78, 5) is 21.1. The summed E-state index contributed by atoms with van der Waals surface area (Å²) in [6.45, 7) is 4.13. The third kappa shape index (κ3) is 3.16. The molecule has 0 radical (unpaired) electrons. The first-order chi connectivity index (χ1) is 5.49. The Morgan fingerprint density at radius 1 is 1.58 bits per heavy atom. The molecular weight excluding hydrogens is 162 g/mol. The van der Waals surface area contributed by atoms with E-state index in [0.717, 1.165) is 0 Å². The molecule has 0 rings (SSSR count). The maximum Gasteiger partial charge on any atom is 0.328 e. The van der Waals surface area contributed by atoms with Gasteiger partial charge in [-0.05, 0) is 6.92 Å². The fourth-order valence-electron chi connectivity index (χ4n) is 0.467. The largest absolute Gasteiger partial charge is 0.480 e. The lowest BCUT2D eigenvalue weighted by Crippen LogP contribution is -2.43. The molecule has 12 heavy (non-hydrogen) atoms. The standard InChI is InChI=1S/C7H11NO4/c1-4(2)6(10)8-5(3-9)7(11)12/h5,9H,1,3H2,2H3,(H,8,10)(H,11,12)/t5-/m0/s1. The third-order valence-electron chi connectivity index (χ3n) is 1.17. The van der Waals surface area contributed by atoms with Gasteiger partial charge in [0.25, 0.3) is 0 Å². The number of amides is 1. The Morgan fingerprint density at radius 2 is 2.08 bits per heavy atom. The molecule has 1 atom stereocenters. The number of carbonyl (C=O) groups excluding carboxylic acids is 1. The van der Waals surface area contributed by atoms with E-state index in [2.05, 4.69) is 11.9 Å². The number of carboxylic acid groups (broad SMARTS) is 1. The SMILES string of the molecule is C=C(C)C(=O)N[C@@H](CO)C(=O)O. The summed E-state index contributed by atoms with van der Waals surface area (Å²) >= 11 is 0. The van der Waals surface area contributed by atoms with Gasteiger partial charge in [0.05, 0.1) is 6.61 Å². The van der Waals surface area contributed by atoms with Gasteiger partial charge in [-0.1, -0.05) is 6.58 Å². The van der Waals surface area contributed by atoms with Crippen LogP contribution in [0.5, 0.6) is 0 Å². The van der Waals surface area contributed by atoms with E-state index >= 15 is 0 Å². The van der Waals surface area contributed by atoms with Gasteiger partial charge in [-0.25, -0.2) is 4.79 Å². The van der Waals surface area contributed by atoms with Gasteiger partial charge in [-0.2, -0.15) is 0 Å². The Balaban J connectivity index is 4.12. The average Bonchev–Trinajstić information content (AvgIpc) is 1.98. The summed E-state index contributed by atoms with van der Waals surface area (Å²) in [5.41, 5.74) is 0.203. The predicted octanol–water partition coefficient (Wildman–Crippen LogP) is -0.876. The molecule has 0 spiro atoms. The summed E-state index contributed by atoms with van der Waals surface area (Å²) in [5.74, 6) is -1.84. The van der Waals surface area contributed by atoms with Crippen LogP contribution in [-0.2, 0) is 9.59 Å². The maximum atomic E-state index is 10.8. The second kappa shape index (κ2) is 4.50. The lowest BCUT2D eigenvalue weighted by atomic mass is 10.2. The van der Waals surface area contributed by atoms with Crippen LogP contribution in [0.3, 0.4) is 0 Å². The van der Waals surface area contributed by atoms with Crippen LogP contribution in [-0.4, -0.2) is 34.7 Å². The third-order valence-corrected chi connectivity index (χ3v) is 1.17. The molecule has 0 saturated heterocycles. The molecule has 68 valence electrons. The highest BCUT2D eigenvalue weighted by atomic mass is 16.4. The van der Waals surface area contributed by atoms with Crippen LogP contribution in [0, 0.1) is 0 Å². The molecule has 0 aromatic heterocycles. The van der Waals surface area contributed by atoms with Crippen LogP contribution in [0.1, 0.15) is 6.92 Å². The van der Waals surface area contributed by atoms with Crippen molar-refractivity contribution in [3.05, 3.63) is 12.2 Å². The number of nitrogens with one attached hydrogen (secondary N) is 1. The smallest absolute Gasteiger partial charge is 0.328 e. The zero-order chi connectivity index (χ0) is 9.72. The number of aliphatic hydroxyl groups excluding tert-OH is 1. The van der Waals surface area contributed by atoms with Crippen LogP contribution in [0.2, 0.25) is 0 Å². The molecule has 0 aromatic rings. The average molecular weight is 173 g/mol. The normalized spacial score (nSPS) is 11.8. The summed E-state index contributed by atoms with van der Waals surface area (Å²) < 4.78 is 0. The second-order valence-corrected chi connectivity index (χ2v) is 2.33. The van der Waals surface area contributed by atoms with Gasteiger partial charge < -0.3 is 15.5 Å². The number of carboxylic acids is 1. The van der Waals surface area contributed by atoms with Crippen molar-refractivity contribution < 1.29 is 19.8 Å². The molecule has 0 bridgehead atoms. The zero-order valence-electron chi connectivity index (χ0n) is 6.70. The summed E-state index contributed by atoms with van der Waals surface area (Å²) in [6.07, 6.45) is 0. The van der Waals surface area contributed by atoms with Crippen molar-refractivity contribution in [2.24, 2.45) is 0 Å². The Labute approximate surface area is 69.7 Å². The van der Waals surface area contributed by atoms with Crippen molar-refractivity contribution in [2.75, 3.05) is 6.61 Å². The number of aliphatic hydroxyl groups is 1. The number of rotatable bonds is 4. The van der Waals surface area contributed by atoms with E-state index in [1.165, 1.54) is 6.92 Å². The monoisotopic (exact) mass is 173 g/mol. The van der Waals surface area contributed by atoms with E-state index in [4.69, 9.17) is 10.2 Å². The topological polar surface area (TPSA) is 86.6 Å². The minimum absolute atomic E-state index is 0.203. The highest BCUT2D eigenvalue weighted by Crippen LogP contribution is 1.89. The van der Waals surface area contributed by atoms with E-state index in [0.29, 0.717) is 0 Å². The van der Waals surface area contributed by atoms with Crippen molar-refractivity contribution >= 4 is 11.9 Å². The van der Waals surface area contributed by atoms with Crippen LogP contribution >= 0.6 is 0 Å². The van der Waals surface area contributed by atoms with E-state index in [-0.39, 0.29) is 5.57 Å². The fourth-order valence-corrected chi connectivity index (χ4v) is 0.467. The van der Waals surface area contributed by atoms with E-state index in [1.54, 1.807) is 0 Å². The molecule has 0 saturated carbocycles. The molecule has 0 aliphatic heterocycles. The van der Waals surface area contributed by atoms with E-state index in [1.807, 2.05) is 0 Å². The summed E-state index contributed by atoms with van der Waals surface area (Å²) in [6, 6.07) is -1.26. The summed E-state index contributed by atoms with van der Waals surface area (Å²) in [7, 11) is 0. The van der Waals surface area contributed by atoms with Gasteiger partial charge in [0, 0.05) is 5.57 Å². The van der Waals surface area contributed by atoms with Crippen LogP contribution < -0.4 is 5.32 Å². The first-order valence-electron chi connectivity index (χ1n) is 3.29. The van der Waals surface area contributed by atoms with Gasteiger partial charge >= 0.3 is 5.97 Å². The van der Waals surface area contributed by atoms with Gasteiger partial charge in [-0.3, -0.25) is 4.79 Å². The molecule has 0 heterocycles. The molecular formula is C7H11NO4. The molecule has 3 N–H and O–H groups in total. The Morgan fingerprint density at radius 3 is 2.33 bits per heavy atom. The van der Waals surface area contributed by atoms with Crippen LogP contribution in [0.4, 0.5) is 0 Å². The fraction of sp³-hybridized carbons (Fsp3) is 0.429. The molecule has 0 aliphatic rings. The van der Waals surface area contributed by atoms with Crippen molar-refractivity contribution in [3.8, 4) is 0 Å². The van der Waals surface area contributed by atoms with Crippen molar-refractivity contribution in [3.63, 3.8) is 0 Å². The Hall–Kier alpha value is -1.36. The Bertz CT molecular complexity index is 211. The van der Waals surface area contributed by atoms with Gasteiger partial charge in [0.15, 0.2) is 6.04 Å². The van der Waals surface area contributed by atoms with E-state index in [9.17, 15) is 9.59 Å². The van der Waals surface area contributed by atoms with Gasteiger partial charge in [-0.15, -0.1) is 0 Å². The zero-order valence-corrected chi connectivity index (χ0v) is 6.70. The number of carbonyl (C=O) groups is 2. The predicted molar refractivity (Wildman–Crippen MR) is 41.5 cm³/mol. The Kier molecular flexibility index (Phi) is 3.99. The highest BCUT2D eigenvalue weighted by Gasteiger charge is 2.18. The first-order valence-corrected chi connectivity index (χ1v) is 3.29. The van der Waals surface area contributed by atoms with Crippen molar-refractivity contribution in [1.82, 2.24) is 5.32 Å². The van der Waals surface area contributed by atoms with Crippen molar-refractivity contribution in [1.29, 1.82) is 0 Å². The number of aliphatic carboxylic acids is 1. The molecule has 0 unspecified atom stereocenters. The molecule has 5 nitrogen and oxygen atoms in total. The molecule has 0 aliphatic carbocycles. The molecule has 5 heteroatoms. The quantitative estimate of drug-likeness (QED) is 0.482. The van der Waals surface area contributed by atoms with Crippen LogP contribution in [0.25, 0.3) is 0 Å². The van der Waals surface area contributed by atoms with Crippen molar-refractivity contribution in [2.45, 2.75) is 13.0 Å². The first kappa shape index (κ1) is 10.6. The highest BCUT2D eigenvalue weighted by molar-refractivity contribution is 5.94. The second-order valence-electron chi connectivity index (χ2n) is 2.33. The van der Waals surface area contributed by atoms with Crippen LogP contribution in [0.15, 0.2) is 12.2 Å². The number of hydrogen-bond donors (Lipinski definition) is 3. The lowest BCUT2D eigenvalue weighted by Gasteiger charge is -2.10. The lowest BCUT2D eigenvalue weighted by molar-refractivity contribution is -0.142. The molecule has 0 fully saturated rings. The minimum Gasteiger partial charge on any atom is -0.480 e. The van der Waals surface area contributed by atoms with Gasteiger partial charge in [0.2, 0.25) is 5.91 Å². The number of hydrogen-bond acceptors (Lipinski definition) is 3.